The summed E-state index contributed by atoms with van der Waals surface area (Å²) in [5, 5.41) is 2.69. The summed E-state index contributed by atoms with van der Waals surface area (Å²) in [5.41, 5.74) is -0.939. The van der Waals surface area contributed by atoms with Gasteiger partial charge in [-0.15, -0.1) is 0 Å². The van der Waals surface area contributed by atoms with Crippen LogP contribution in [0.1, 0.15) is 59.4 Å². The lowest BCUT2D eigenvalue weighted by molar-refractivity contribution is -0.156. The van der Waals surface area contributed by atoms with Crippen LogP contribution in [-0.4, -0.2) is 46.6 Å². The van der Waals surface area contributed by atoms with Gasteiger partial charge in [0.25, 0.3) is 0 Å². The number of likely N-dealkylation sites (tertiary alicyclic amines) is 1. The summed E-state index contributed by atoms with van der Waals surface area (Å²) >= 11 is 0. The van der Waals surface area contributed by atoms with Crippen LogP contribution < -0.4 is 5.32 Å². The second-order valence-corrected chi connectivity index (χ2v) is 8.56. The zero-order chi connectivity index (χ0) is 21.7. The number of carbonyl (C=O) groups excluding carboxylic acids is 3. The van der Waals surface area contributed by atoms with Gasteiger partial charge in [0.05, 0.1) is 0 Å². The number of nitrogens with one attached hydrogen (secondary N) is 1. The highest BCUT2D eigenvalue weighted by atomic mass is 16.6. The van der Waals surface area contributed by atoms with Crippen LogP contribution in [0.4, 0.5) is 4.79 Å². The molecular weight excluding hydrogens is 372 g/mol. The van der Waals surface area contributed by atoms with Crippen LogP contribution in [-0.2, 0) is 25.7 Å². The van der Waals surface area contributed by atoms with Crippen LogP contribution in [0.5, 0.6) is 0 Å². The molecule has 1 aromatic rings. The van der Waals surface area contributed by atoms with Crippen LogP contribution in [0.3, 0.4) is 0 Å². The minimum Gasteiger partial charge on any atom is -0.459 e. The zero-order valence-electron chi connectivity index (χ0n) is 18.0. The number of hydrogen-bond acceptors (Lipinski definition) is 5. The average Bonchev–Trinajstić information content (AvgIpc) is 3.14. The Kier molecular flexibility index (Phi) is 7.27. The molecule has 0 unspecified atom stereocenters. The molecule has 0 aromatic heterocycles. The van der Waals surface area contributed by atoms with Gasteiger partial charge in [-0.25, -0.2) is 9.59 Å². The molecule has 0 aliphatic carbocycles. The summed E-state index contributed by atoms with van der Waals surface area (Å²) in [6.07, 6.45) is 0.972. The largest absolute Gasteiger partial charge is 0.459 e. The predicted molar refractivity (Wildman–Crippen MR) is 109 cm³/mol. The third-order valence-corrected chi connectivity index (χ3v) is 4.97. The van der Waals surface area contributed by atoms with Crippen molar-refractivity contribution in [3.05, 3.63) is 35.9 Å². The Hall–Kier alpha value is -2.57. The molecule has 29 heavy (non-hydrogen) atoms. The van der Waals surface area contributed by atoms with Crippen LogP contribution in [0.15, 0.2) is 30.3 Å². The number of ether oxygens (including phenoxy) is 2. The fraction of sp³-hybridized carbons (Fsp3) is 0.591. The van der Waals surface area contributed by atoms with Gasteiger partial charge in [-0.2, -0.15) is 0 Å². The van der Waals surface area contributed by atoms with Gasteiger partial charge in [-0.05, 0) is 52.5 Å². The number of alkyl carbamates (subject to hydrolysis) is 1. The lowest BCUT2D eigenvalue weighted by Gasteiger charge is -2.35. The number of rotatable bonds is 6. The Bertz CT molecular complexity index is 728. The van der Waals surface area contributed by atoms with Crippen molar-refractivity contribution in [2.75, 3.05) is 6.54 Å². The van der Waals surface area contributed by atoms with E-state index in [0.29, 0.717) is 25.8 Å². The topological polar surface area (TPSA) is 84.9 Å². The van der Waals surface area contributed by atoms with Crippen LogP contribution >= 0.6 is 0 Å². The zero-order valence-corrected chi connectivity index (χ0v) is 18.0. The number of nitrogens with zero attached hydrogens (tertiary/aromatic N) is 1. The second kappa shape index (κ2) is 9.29. The van der Waals surface area contributed by atoms with Gasteiger partial charge in [0.15, 0.2) is 0 Å². The number of benzene rings is 1. The molecule has 1 aliphatic rings. The van der Waals surface area contributed by atoms with Crippen molar-refractivity contribution in [3.8, 4) is 0 Å². The quantitative estimate of drug-likeness (QED) is 0.735. The van der Waals surface area contributed by atoms with Gasteiger partial charge in [0.1, 0.15) is 23.8 Å². The lowest BCUT2D eigenvalue weighted by atomic mass is 9.96. The third-order valence-electron chi connectivity index (χ3n) is 4.97. The van der Waals surface area contributed by atoms with Crippen molar-refractivity contribution >= 4 is 18.0 Å². The van der Waals surface area contributed by atoms with Crippen molar-refractivity contribution < 1.29 is 23.9 Å². The average molecular weight is 405 g/mol. The first-order chi connectivity index (χ1) is 13.6. The van der Waals surface area contributed by atoms with E-state index in [1.54, 1.807) is 27.7 Å². The maximum Gasteiger partial charge on any atom is 0.408 e. The van der Waals surface area contributed by atoms with E-state index in [0.717, 1.165) is 5.56 Å². The van der Waals surface area contributed by atoms with Crippen molar-refractivity contribution in [1.82, 2.24) is 10.2 Å². The molecule has 1 heterocycles. The van der Waals surface area contributed by atoms with E-state index in [2.05, 4.69) is 5.32 Å². The number of esters is 1. The summed E-state index contributed by atoms with van der Waals surface area (Å²) in [6.45, 7) is 9.37. The van der Waals surface area contributed by atoms with Gasteiger partial charge in [0.2, 0.25) is 5.91 Å². The molecule has 2 rings (SSSR count). The van der Waals surface area contributed by atoms with Crippen molar-refractivity contribution in [2.45, 2.75) is 77.7 Å². The maximum atomic E-state index is 13.2. The monoisotopic (exact) mass is 404 g/mol. The van der Waals surface area contributed by atoms with Gasteiger partial charge < -0.3 is 19.7 Å². The van der Waals surface area contributed by atoms with Crippen LogP contribution in [0, 0.1) is 0 Å². The molecule has 1 aliphatic heterocycles. The standard InChI is InChI=1S/C22H32N2O5/c1-6-22(5,23-20(27)29-21(2,3)4)19(26)24-14-10-13-17(24)18(25)28-15-16-11-8-7-9-12-16/h7-9,11-12,17H,6,10,13-15H2,1-5H3,(H,23,27)/t17-,22-/m0/s1. The lowest BCUT2D eigenvalue weighted by Crippen LogP contribution is -2.60. The minimum absolute atomic E-state index is 0.166. The molecule has 1 N–H and O–H groups in total. The van der Waals surface area contributed by atoms with E-state index in [-0.39, 0.29) is 12.5 Å². The molecule has 0 saturated carbocycles. The van der Waals surface area contributed by atoms with E-state index < -0.39 is 29.2 Å². The molecule has 1 aromatic carbocycles. The molecular formula is C22H32N2O5. The highest BCUT2D eigenvalue weighted by Crippen LogP contribution is 2.25. The van der Waals surface area contributed by atoms with E-state index in [9.17, 15) is 14.4 Å². The van der Waals surface area contributed by atoms with Gasteiger partial charge in [-0.3, -0.25) is 4.79 Å². The Morgan fingerprint density at radius 2 is 1.79 bits per heavy atom. The Morgan fingerprint density at radius 3 is 2.38 bits per heavy atom. The maximum absolute atomic E-state index is 13.2. The fourth-order valence-electron chi connectivity index (χ4n) is 3.22. The molecule has 160 valence electrons. The highest BCUT2D eigenvalue weighted by molar-refractivity contribution is 5.93. The molecule has 2 amide bonds. The molecule has 7 heteroatoms. The van der Waals surface area contributed by atoms with E-state index in [4.69, 9.17) is 9.47 Å². The molecule has 2 atom stereocenters. The minimum atomic E-state index is -1.16. The predicted octanol–water partition coefficient (Wildman–Crippen LogP) is 3.41. The van der Waals surface area contributed by atoms with Crippen LogP contribution in [0.25, 0.3) is 0 Å². The first-order valence-electron chi connectivity index (χ1n) is 10.1. The van der Waals surface area contributed by atoms with E-state index in [1.807, 2.05) is 37.3 Å². The SMILES string of the molecule is CC[C@](C)(NC(=O)OC(C)(C)C)C(=O)N1CCC[C@H]1C(=O)OCc1ccccc1. The van der Waals surface area contributed by atoms with Gasteiger partial charge in [0, 0.05) is 6.54 Å². The summed E-state index contributed by atoms with van der Waals surface area (Å²) in [4.78, 5) is 39.6. The molecule has 1 saturated heterocycles. The van der Waals surface area contributed by atoms with Crippen molar-refractivity contribution in [2.24, 2.45) is 0 Å². The van der Waals surface area contributed by atoms with Gasteiger partial charge in [-0.1, -0.05) is 37.3 Å². The molecule has 0 bridgehead atoms. The van der Waals surface area contributed by atoms with Crippen molar-refractivity contribution in [3.63, 3.8) is 0 Å². The molecule has 1 fully saturated rings. The van der Waals surface area contributed by atoms with Crippen molar-refractivity contribution in [1.29, 1.82) is 0 Å². The first-order valence-corrected chi connectivity index (χ1v) is 10.1. The number of hydrogen-bond donors (Lipinski definition) is 1. The van der Waals surface area contributed by atoms with Gasteiger partial charge >= 0.3 is 12.1 Å². The Balaban J connectivity index is 2.04. The summed E-state index contributed by atoms with van der Waals surface area (Å²) in [6, 6.07) is 8.77. The molecule has 0 spiro atoms. The number of carbonyl (C=O) groups is 3. The normalized spacial score (nSPS) is 18.7. The fourth-order valence-corrected chi connectivity index (χ4v) is 3.22. The Morgan fingerprint density at radius 1 is 1.14 bits per heavy atom. The summed E-state index contributed by atoms with van der Waals surface area (Å²) in [5.74, 6) is -0.722. The second-order valence-electron chi connectivity index (χ2n) is 8.56. The summed E-state index contributed by atoms with van der Waals surface area (Å²) < 4.78 is 10.7. The smallest absolute Gasteiger partial charge is 0.408 e. The summed E-state index contributed by atoms with van der Waals surface area (Å²) in [7, 11) is 0. The highest BCUT2D eigenvalue weighted by Gasteiger charge is 2.44. The van der Waals surface area contributed by atoms with E-state index >= 15 is 0 Å². The molecule has 0 radical (unpaired) electrons. The number of amides is 2. The Labute approximate surface area is 172 Å². The third kappa shape index (κ3) is 6.21. The van der Waals surface area contributed by atoms with E-state index in [1.165, 1.54) is 4.90 Å². The molecule has 7 nitrogen and oxygen atoms in total. The first kappa shape index (κ1) is 22.7. The van der Waals surface area contributed by atoms with Crippen LogP contribution in [0.2, 0.25) is 0 Å².